The van der Waals surface area contributed by atoms with Crippen LogP contribution in [0.2, 0.25) is 10.0 Å². The number of aromatic amines is 1. The zero-order valence-corrected chi connectivity index (χ0v) is 9.79. The number of hydrogen-bond donors (Lipinski definition) is 1. The topological polar surface area (TPSA) is 41.8 Å². The number of hydrogen-bond acceptors (Lipinski definition) is 3. The van der Waals surface area contributed by atoms with Gasteiger partial charge < -0.3 is 4.42 Å². The molecule has 0 aliphatic rings. The number of H-pyrrole nitrogens is 1. The summed E-state index contributed by atoms with van der Waals surface area (Å²) >= 11 is 16.5. The molecular formula is C9H6Cl2N2OS. The third kappa shape index (κ3) is 2.59. The van der Waals surface area contributed by atoms with Gasteiger partial charge in [-0.2, -0.15) is 0 Å². The fraction of sp³-hybridized carbons (Fsp3) is 0.111. The van der Waals surface area contributed by atoms with E-state index in [1.54, 1.807) is 12.1 Å². The van der Waals surface area contributed by atoms with Crippen molar-refractivity contribution < 1.29 is 4.42 Å². The van der Waals surface area contributed by atoms with Crippen LogP contribution in [0.4, 0.5) is 0 Å². The van der Waals surface area contributed by atoms with E-state index in [9.17, 15) is 0 Å². The molecule has 1 aromatic heterocycles. The van der Waals surface area contributed by atoms with Crippen LogP contribution < -0.4 is 0 Å². The summed E-state index contributed by atoms with van der Waals surface area (Å²) < 4.78 is 5.13. The highest BCUT2D eigenvalue weighted by Gasteiger charge is 2.06. The van der Waals surface area contributed by atoms with E-state index in [-0.39, 0.29) is 4.84 Å². The first-order chi connectivity index (χ1) is 7.15. The largest absolute Gasteiger partial charge is 0.414 e. The van der Waals surface area contributed by atoms with Gasteiger partial charge in [0.2, 0.25) is 5.89 Å². The minimum atomic E-state index is 0.259. The smallest absolute Gasteiger partial charge is 0.284 e. The van der Waals surface area contributed by atoms with Crippen molar-refractivity contribution in [3.05, 3.63) is 44.5 Å². The van der Waals surface area contributed by atoms with E-state index in [0.717, 1.165) is 5.56 Å². The molecule has 2 aromatic rings. The molecular weight excluding hydrogens is 255 g/mol. The minimum absolute atomic E-state index is 0.259. The lowest BCUT2D eigenvalue weighted by Crippen LogP contribution is -1.89. The van der Waals surface area contributed by atoms with E-state index in [0.29, 0.717) is 22.4 Å². The first-order valence-electron chi connectivity index (χ1n) is 4.13. The molecule has 3 nitrogen and oxygen atoms in total. The predicted octanol–water partition coefficient (Wildman–Crippen LogP) is 3.63. The van der Waals surface area contributed by atoms with Gasteiger partial charge in [0, 0.05) is 10.0 Å². The van der Waals surface area contributed by atoms with Gasteiger partial charge in [-0.1, -0.05) is 29.3 Å². The average molecular weight is 261 g/mol. The highest BCUT2D eigenvalue weighted by molar-refractivity contribution is 7.71. The molecule has 78 valence electrons. The first-order valence-corrected chi connectivity index (χ1v) is 5.30. The molecule has 1 N–H and O–H groups in total. The van der Waals surface area contributed by atoms with Crippen LogP contribution in [0.15, 0.2) is 22.6 Å². The second kappa shape index (κ2) is 4.35. The van der Waals surface area contributed by atoms with E-state index in [1.165, 1.54) is 0 Å². The molecule has 0 saturated heterocycles. The second-order valence-corrected chi connectivity index (χ2v) is 4.13. The number of halogens is 2. The van der Waals surface area contributed by atoms with Crippen LogP contribution >= 0.6 is 35.4 Å². The molecule has 0 fully saturated rings. The van der Waals surface area contributed by atoms with Gasteiger partial charge in [0.05, 0.1) is 6.42 Å². The Labute approximate surface area is 101 Å². The van der Waals surface area contributed by atoms with Crippen molar-refractivity contribution in [3.8, 4) is 0 Å². The van der Waals surface area contributed by atoms with Crippen LogP contribution in [-0.2, 0) is 6.42 Å². The summed E-state index contributed by atoms with van der Waals surface area (Å²) in [7, 11) is 0. The maximum Gasteiger partial charge on any atom is 0.284 e. The number of rotatable bonds is 2. The zero-order chi connectivity index (χ0) is 10.8. The maximum atomic E-state index is 6.00. The summed E-state index contributed by atoms with van der Waals surface area (Å²) in [6, 6.07) is 5.28. The van der Waals surface area contributed by atoms with Crippen LogP contribution in [-0.4, -0.2) is 10.2 Å². The Morgan fingerprint density at radius 1 is 1.40 bits per heavy atom. The molecule has 0 bridgehead atoms. The normalized spacial score (nSPS) is 10.5. The SMILES string of the molecule is S=c1[nH]nc(Cc2ccc(Cl)cc2Cl)o1. The van der Waals surface area contributed by atoms with Crippen molar-refractivity contribution in [2.75, 3.05) is 0 Å². The van der Waals surface area contributed by atoms with Crippen LogP contribution in [0.3, 0.4) is 0 Å². The Morgan fingerprint density at radius 3 is 2.80 bits per heavy atom. The number of nitrogens with zero attached hydrogens (tertiary/aromatic N) is 1. The van der Waals surface area contributed by atoms with E-state index in [4.69, 9.17) is 39.8 Å². The van der Waals surface area contributed by atoms with E-state index in [2.05, 4.69) is 10.2 Å². The second-order valence-electron chi connectivity index (χ2n) is 2.92. The molecule has 2 rings (SSSR count). The summed E-state index contributed by atoms with van der Waals surface area (Å²) in [6.07, 6.45) is 0.489. The molecule has 0 spiro atoms. The van der Waals surface area contributed by atoms with Crippen molar-refractivity contribution >= 4 is 35.4 Å². The lowest BCUT2D eigenvalue weighted by Gasteiger charge is -2.00. The van der Waals surface area contributed by atoms with Crippen LogP contribution in [0, 0.1) is 4.84 Å². The van der Waals surface area contributed by atoms with E-state index < -0.39 is 0 Å². The first kappa shape index (κ1) is 10.7. The van der Waals surface area contributed by atoms with Gasteiger partial charge in [-0.05, 0) is 29.9 Å². The molecule has 0 unspecified atom stereocenters. The van der Waals surface area contributed by atoms with Gasteiger partial charge in [-0.25, -0.2) is 5.10 Å². The lowest BCUT2D eigenvalue weighted by molar-refractivity contribution is 0.491. The fourth-order valence-corrected chi connectivity index (χ4v) is 1.78. The number of benzene rings is 1. The van der Waals surface area contributed by atoms with Crippen molar-refractivity contribution in [1.29, 1.82) is 0 Å². The highest BCUT2D eigenvalue weighted by atomic mass is 35.5. The molecule has 0 radical (unpaired) electrons. The summed E-state index contributed by atoms with van der Waals surface area (Å²) in [5, 5.41) is 7.63. The van der Waals surface area contributed by atoms with Gasteiger partial charge >= 0.3 is 0 Å². The summed E-state index contributed by atoms with van der Waals surface area (Å²) in [5.74, 6) is 0.504. The van der Waals surface area contributed by atoms with Gasteiger partial charge in [0.1, 0.15) is 0 Å². The van der Waals surface area contributed by atoms with Gasteiger partial charge in [0.15, 0.2) is 0 Å². The van der Waals surface area contributed by atoms with Crippen LogP contribution in [0.1, 0.15) is 11.5 Å². The molecule has 0 amide bonds. The maximum absolute atomic E-state index is 6.00. The number of aromatic nitrogens is 2. The predicted molar refractivity (Wildman–Crippen MR) is 61.0 cm³/mol. The van der Waals surface area contributed by atoms with Gasteiger partial charge in [-0.3, -0.25) is 0 Å². The standard InChI is InChI=1S/C9H6Cl2N2OS/c10-6-2-1-5(7(11)4-6)3-8-12-13-9(15)14-8/h1-2,4H,3H2,(H,13,15). The molecule has 0 aliphatic heterocycles. The fourth-order valence-electron chi connectivity index (χ4n) is 1.16. The van der Waals surface area contributed by atoms with Crippen molar-refractivity contribution in [2.24, 2.45) is 0 Å². The third-order valence-electron chi connectivity index (χ3n) is 1.84. The van der Waals surface area contributed by atoms with Crippen LogP contribution in [0.25, 0.3) is 0 Å². The summed E-state index contributed by atoms with van der Waals surface area (Å²) in [4.78, 5) is 0.259. The molecule has 1 heterocycles. The molecule has 0 aliphatic carbocycles. The van der Waals surface area contributed by atoms with E-state index >= 15 is 0 Å². The van der Waals surface area contributed by atoms with Gasteiger partial charge in [-0.15, -0.1) is 5.10 Å². The zero-order valence-electron chi connectivity index (χ0n) is 7.46. The summed E-state index contributed by atoms with van der Waals surface area (Å²) in [5.41, 5.74) is 0.895. The van der Waals surface area contributed by atoms with Crippen molar-refractivity contribution in [3.63, 3.8) is 0 Å². The molecule has 1 aromatic carbocycles. The summed E-state index contributed by atoms with van der Waals surface area (Å²) in [6.45, 7) is 0. The van der Waals surface area contributed by atoms with Crippen molar-refractivity contribution in [1.82, 2.24) is 10.2 Å². The number of nitrogens with one attached hydrogen (secondary N) is 1. The highest BCUT2D eigenvalue weighted by Crippen LogP contribution is 2.22. The Balaban J connectivity index is 2.28. The minimum Gasteiger partial charge on any atom is -0.414 e. The average Bonchev–Trinajstić information content (AvgIpc) is 2.56. The molecule has 15 heavy (non-hydrogen) atoms. The Morgan fingerprint density at radius 2 is 2.20 bits per heavy atom. The Kier molecular flexibility index (Phi) is 3.09. The third-order valence-corrected chi connectivity index (χ3v) is 2.60. The quantitative estimate of drug-likeness (QED) is 0.839. The Bertz CT molecular complexity index is 535. The lowest BCUT2D eigenvalue weighted by atomic mass is 10.1. The van der Waals surface area contributed by atoms with Crippen LogP contribution in [0.5, 0.6) is 0 Å². The van der Waals surface area contributed by atoms with E-state index in [1.807, 2.05) is 6.07 Å². The molecule has 0 atom stereocenters. The molecule has 6 heteroatoms. The Hall–Kier alpha value is -0.840. The molecule has 0 saturated carbocycles. The van der Waals surface area contributed by atoms with Crippen molar-refractivity contribution in [2.45, 2.75) is 6.42 Å². The monoisotopic (exact) mass is 260 g/mol. The van der Waals surface area contributed by atoms with Gasteiger partial charge in [0.25, 0.3) is 4.84 Å².